The predicted molar refractivity (Wildman–Crippen MR) is 76.2 cm³/mol. The van der Waals surface area contributed by atoms with Gasteiger partial charge in [-0.1, -0.05) is 18.2 Å². The smallest absolute Gasteiger partial charge is 0.149 e. The molecule has 0 unspecified atom stereocenters. The van der Waals surface area contributed by atoms with Gasteiger partial charge in [0, 0.05) is 18.5 Å². The summed E-state index contributed by atoms with van der Waals surface area (Å²) in [5.74, 6) is -0.595. The summed E-state index contributed by atoms with van der Waals surface area (Å²) in [4.78, 5) is 6.08. The number of halogens is 2. The van der Waals surface area contributed by atoms with E-state index in [-0.39, 0.29) is 5.69 Å². The van der Waals surface area contributed by atoms with Gasteiger partial charge in [-0.3, -0.25) is 0 Å². The Morgan fingerprint density at radius 3 is 2.55 bits per heavy atom. The first-order chi connectivity index (χ1) is 9.65. The molecule has 0 spiro atoms. The molecule has 0 saturated carbocycles. The Balaban J connectivity index is 2.05. The van der Waals surface area contributed by atoms with Crippen LogP contribution in [0.3, 0.4) is 0 Å². The molecule has 0 aliphatic rings. The minimum atomic E-state index is -0.609. The second-order valence-electron chi connectivity index (χ2n) is 4.52. The lowest BCUT2D eigenvalue weighted by atomic mass is 10.2. The van der Waals surface area contributed by atoms with Crippen molar-refractivity contribution >= 4 is 22.4 Å². The Morgan fingerprint density at radius 1 is 0.950 bits per heavy atom. The summed E-state index contributed by atoms with van der Waals surface area (Å²) in [5.41, 5.74) is 1.12. The van der Waals surface area contributed by atoms with Crippen molar-refractivity contribution in [2.45, 2.75) is 0 Å². The fourth-order valence-electron chi connectivity index (χ4n) is 2.12. The molecule has 0 radical (unpaired) electrons. The van der Waals surface area contributed by atoms with Crippen LogP contribution in [0.5, 0.6) is 0 Å². The van der Waals surface area contributed by atoms with Crippen LogP contribution in [0.4, 0.5) is 20.3 Å². The zero-order chi connectivity index (χ0) is 14.1. The van der Waals surface area contributed by atoms with Gasteiger partial charge in [-0.25, -0.2) is 13.8 Å². The highest BCUT2D eigenvalue weighted by molar-refractivity contribution is 5.81. The van der Waals surface area contributed by atoms with Gasteiger partial charge in [-0.15, -0.1) is 0 Å². The summed E-state index contributed by atoms with van der Waals surface area (Å²) in [5, 5.41) is 1.02. The summed E-state index contributed by atoms with van der Waals surface area (Å²) >= 11 is 0. The standard InChI is InChI=1S/C16H12F2N2/c1-20(15-8-7-12(17)10-13(15)18)16-9-6-11-4-2-3-5-14(11)19-16/h2-10H,1H3. The second kappa shape index (κ2) is 4.89. The van der Waals surface area contributed by atoms with Crippen molar-refractivity contribution < 1.29 is 8.78 Å². The molecule has 4 heteroatoms. The van der Waals surface area contributed by atoms with E-state index in [4.69, 9.17) is 0 Å². The number of fused-ring (bicyclic) bond motifs is 1. The van der Waals surface area contributed by atoms with E-state index in [1.165, 1.54) is 12.1 Å². The van der Waals surface area contributed by atoms with E-state index in [9.17, 15) is 8.78 Å². The zero-order valence-electron chi connectivity index (χ0n) is 10.8. The quantitative estimate of drug-likeness (QED) is 0.691. The van der Waals surface area contributed by atoms with Gasteiger partial charge in [0.15, 0.2) is 0 Å². The Labute approximate surface area is 115 Å². The summed E-state index contributed by atoms with van der Waals surface area (Å²) < 4.78 is 26.7. The van der Waals surface area contributed by atoms with Crippen molar-refractivity contribution in [3.63, 3.8) is 0 Å². The van der Waals surface area contributed by atoms with Crippen LogP contribution in [0.1, 0.15) is 0 Å². The molecule has 0 amide bonds. The third-order valence-electron chi connectivity index (χ3n) is 3.20. The topological polar surface area (TPSA) is 16.1 Å². The monoisotopic (exact) mass is 270 g/mol. The maximum Gasteiger partial charge on any atom is 0.149 e. The van der Waals surface area contributed by atoms with Crippen LogP contribution < -0.4 is 4.90 Å². The third kappa shape index (κ3) is 2.20. The highest BCUT2D eigenvalue weighted by atomic mass is 19.1. The largest absolute Gasteiger partial charge is 0.327 e. The number of hydrogen-bond acceptors (Lipinski definition) is 2. The molecule has 3 rings (SSSR count). The molecule has 0 aliphatic carbocycles. The molecular weight excluding hydrogens is 258 g/mol. The summed E-state index contributed by atoms with van der Waals surface area (Å²) in [7, 11) is 1.70. The number of para-hydroxylation sites is 1. The number of aromatic nitrogens is 1. The number of hydrogen-bond donors (Lipinski definition) is 0. The van der Waals surface area contributed by atoms with Crippen molar-refractivity contribution in [3.05, 3.63) is 66.2 Å². The van der Waals surface area contributed by atoms with Crippen LogP contribution in [0.15, 0.2) is 54.6 Å². The highest BCUT2D eigenvalue weighted by Crippen LogP contribution is 2.26. The first-order valence-corrected chi connectivity index (χ1v) is 6.20. The van der Waals surface area contributed by atoms with E-state index in [2.05, 4.69) is 4.98 Å². The number of rotatable bonds is 2. The number of benzene rings is 2. The molecule has 20 heavy (non-hydrogen) atoms. The van der Waals surface area contributed by atoms with Gasteiger partial charge in [-0.05, 0) is 30.3 Å². The predicted octanol–water partition coefficient (Wildman–Crippen LogP) is 4.28. The Kier molecular flexibility index (Phi) is 3.06. The molecule has 1 aromatic heterocycles. The maximum atomic E-state index is 13.8. The lowest BCUT2D eigenvalue weighted by Gasteiger charge is -2.19. The van der Waals surface area contributed by atoms with Gasteiger partial charge >= 0.3 is 0 Å². The molecule has 0 bridgehead atoms. The Hall–Kier alpha value is -2.49. The molecule has 2 nitrogen and oxygen atoms in total. The summed E-state index contributed by atoms with van der Waals surface area (Å²) in [6.07, 6.45) is 0. The molecule has 0 N–H and O–H groups in total. The van der Waals surface area contributed by atoms with Crippen LogP contribution >= 0.6 is 0 Å². The Bertz CT molecular complexity index is 771. The van der Waals surface area contributed by atoms with Crippen LogP contribution in [-0.2, 0) is 0 Å². The molecule has 0 aliphatic heterocycles. The van der Waals surface area contributed by atoms with Gasteiger partial charge in [0.2, 0.25) is 0 Å². The molecule has 1 heterocycles. The zero-order valence-corrected chi connectivity index (χ0v) is 10.8. The maximum absolute atomic E-state index is 13.8. The van der Waals surface area contributed by atoms with Crippen LogP contribution in [0, 0.1) is 11.6 Å². The molecule has 0 saturated heterocycles. The molecule has 3 aromatic rings. The van der Waals surface area contributed by atoms with E-state index in [0.717, 1.165) is 17.0 Å². The van der Waals surface area contributed by atoms with Crippen molar-refractivity contribution in [1.82, 2.24) is 4.98 Å². The van der Waals surface area contributed by atoms with E-state index in [0.29, 0.717) is 5.82 Å². The molecular formula is C16H12F2N2. The average Bonchev–Trinajstić information content (AvgIpc) is 2.46. The molecule has 2 aromatic carbocycles. The van der Waals surface area contributed by atoms with Gasteiger partial charge in [0.05, 0.1) is 11.2 Å². The van der Waals surface area contributed by atoms with Gasteiger partial charge in [0.25, 0.3) is 0 Å². The van der Waals surface area contributed by atoms with Gasteiger partial charge in [0.1, 0.15) is 17.5 Å². The van der Waals surface area contributed by atoms with Crippen molar-refractivity contribution in [2.75, 3.05) is 11.9 Å². The van der Waals surface area contributed by atoms with E-state index in [1.807, 2.05) is 36.4 Å². The van der Waals surface area contributed by atoms with Crippen molar-refractivity contribution in [3.8, 4) is 0 Å². The third-order valence-corrected chi connectivity index (χ3v) is 3.20. The Morgan fingerprint density at radius 2 is 1.75 bits per heavy atom. The fraction of sp³-hybridized carbons (Fsp3) is 0.0625. The highest BCUT2D eigenvalue weighted by Gasteiger charge is 2.11. The van der Waals surface area contributed by atoms with Crippen LogP contribution in [0.2, 0.25) is 0 Å². The fourth-order valence-corrected chi connectivity index (χ4v) is 2.12. The average molecular weight is 270 g/mol. The van der Waals surface area contributed by atoms with E-state index in [1.54, 1.807) is 11.9 Å². The first kappa shape index (κ1) is 12.5. The van der Waals surface area contributed by atoms with E-state index >= 15 is 0 Å². The lowest BCUT2D eigenvalue weighted by Crippen LogP contribution is -2.12. The lowest BCUT2D eigenvalue weighted by molar-refractivity contribution is 0.583. The van der Waals surface area contributed by atoms with Crippen molar-refractivity contribution in [2.24, 2.45) is 0 Å². The van der Waals surface area contributed by atoms with Crippen LogP contribution in [-0.4, -0.2) is 12.0 Å². The second-order valence-corrected chi connectivity index (χ2v) is 4.52. The van der Waals surface area contributed by atoms with Crippen molar-refractivity contribution in [1.29, 1.82) is 0 Å². The van der Waals surface area contributed by atoms with Crippen LogP contribution in [0.25, 0.3) is 10.9 Å². The molecule has 0 atom stereocenters. The number of nitrogens with zero attached hydrogens (tertiary/aromatic N) is 2. The number of anilines is 2. The molecule has 100 valence electrons. The minimum absolute atomic E-state index is 0.286. The number of pyridine rings is 1. The SMILES string of the molecule is CN(c1ccc2ccccc2n1)c1ccc(F)cc1F. The normalized spacial score (nSPS) is 10.8. The van der Waals surface area contributed by atoms with Gasteiger partial charge in [-0.2, -0.15) is 0 Å². The molecule has 0 fully saturated rings. The summed E-state index contributed by atoms with van der Waals surface area (Å²) in [6, 6.07) is 14.9. The van der Waals surface area contributed by atoms with Gasteiger partial charge < -0.3 is 4.90 Å². The van der Waals surface area contributed by atoms with E-state index < -0.39 is 11.6 Å². The minimum Gasteiger partial charge on any atom is -0.327 e. The first-order valence-electron chi connectivity index (χ1n) is 6.20. The summed E-state index contributed by atoms with van der Waals surface area (Å²) in [6.45, 7) is 0.